The molecule has 5 nitrogen and oxygen atoms in total. The first kappa shape index (κ1) is 17.1. The van der Waals surface area contributed by atoms with Crippen molar-refractivity contribution in [3.8, 4) is 5.75 Å². The van der Waals surface area contributed by atoms with E-state index in [-0.39, 0.29) is 23.7 Å². The number of rotatable bonds is 4. The van der Waals surface area contributed by atoms with Crippen LogP contribution in [0.2, 0.25) is 0 Å². The molecule has 0 aromatic heterocycles. The molecule has 24 heavy (non-hydrogen) atoms. The highest BCUT2D eigenvalue weighted by atomic mass is 19.3. The second kappa shape index (κ2) is 7.90. The minimum Gasteiger partial charge on any atom is -0.435 e. The number of hydrogen-bond donors (Lipinski definition) is 1. The molecule has 1 aromatic carbocycles. The third-order valence-corrected chi connectivity index (χ3v) is 4.52. The molecule has 2 fully saturated rings. The van der Waals surface area contributed by atoms with Crippen molar-refractivity contribution in [2.45, 2.75) is 25.6 Å². The van der Waals surface area contributed by atoms with Crippen molar-refractivity contribution in [3.05, 3.63) is 29.8 Å². The van der Waals surface area contributed by atoms with E-state index < -0.39 is 6.61 Å². The highest BCUT2D eigenvalue weighted by Crippen LogP contribution is 2.27. The number of benzene rings is 1. The summed E-state index contributed by atoms with van der Waals surface area (Å²) in [4.78, 5) is 14.5. The van der Waals surface area contributed by atoms with Crippen molar-refractivity contribution in [1.29, 1.82) is 0 Å². The van der Waals surface area contributed by atoms with Crippen LogP contribution in [0.3, 0.4) is 0 Å². The molecule has 1 unspecified atom stereocenters. The third-order valence-electron chi connectivity index (χ3n) is 4.52. The molecule has 0 bridgehead atoms. The van der Waals surface area contributed by atoms with Gasteiger partial charge in [-0.25, -0.2) is 0 Å². The topological polar surface area (TPSA) is 50.8 Å². The fourth-order valence-corrected chi connectivity index (χ4v) is 3.27. The summed E-state index contributed by atoms with van der Waals surface area (Å²) in [5.74, 6) is 0.344. The quantitative estimate of drug-likeness (QED) is 0.913. The summed E-state index contributed by atoms with van der Waals surface area (Å²) in [6.07, 6.45) is 1.41. The monoisotopic (exact) mass is 340 g/mol. The highest BCUT2D eigenvalue weighted by Gasteiger charge is 2.30. The second-order valence-electron chi connectivity index (χ2n) is 6.12. The number of piperidine rings is 1. The number of nitrogens with one attached hydrogen (secondary N) is 1. The Balaban J connectivity index is 1.65. The summed E-state index contributed by atoms with van der Waals surface area (Å²) < 4.78 is 34.9. The molecule has 7 heteroatoms. The minimum absolute atomic E-state index is 0.0681. The molecule has 1 aromatic rings. The molecule has 2 aliphatic heterocycles. The smallest absolute Gasteiger partial charge is 0.387 e. The number of morpholine rings is 1. The number of alkyl halides is 2. The summed E-state index contributed by atoms with van der Waals surface area (Å²) >= 11 is 0. The maximum absolute atomic E-state index is 12.7. The zero-order valence-electron chi connectivity index (χ0n) is 13.4. The van der Waals surface area contributed by atoms with Crippen LogP contribution in [0.15, 0.2) is 24.3 Å². The number of halogens is 2. The molecule has 0 spiro atoms. The predicted molar refractivity (Wildman–Crippen MR) is 83.9 cm³/mol. The van der Waals surface area contributed by atoms with Crippen LogP contribution in [0.1, 0.15) is 24.5 Å². The molecule has 1 atom stereocenters. The Morgan fingerprint density at radius 1 is 1.33 bits per heavy atom. The summed E-state index contributed by atoms with van der Waals surface area (Å²) in [5.41, 5.74) is 0.746. The summed E-state index contributed by atoms with van der Waals surface area (Å²) in [6, 6.07) is 6.50. The lowest BCUT2D eigenvalue weighted by Crippen LogP contribution is -2.47. The Morgan fingerprint density at radius 3 is 2.88 bits per heavy atom. The number of ether oxygens (including phenoxy) is 2. The van der Waals surface area contributed by atoms with Crippen LogP contribution < -0.4 is 10.1 Å². The normalized spacial score (nSPS) is 22.6. The standard InChI is InChI=1S/C17H22F2N2O3/c18-17(19)24-14-3-1-2-13(10-14)15-11-21(8-9-23-15)16(22)12-4-6-20-7-5-12/h1-3,10,12,15,17,20H,4-9,11H2. The number of carbonyl (C=O) groups excluding carboxylic acids is 1. The number of hydrogen-bond acceptors (Lipinski definition) is 4. The third kappa shape index (κ3) is 4.21. The summed E-state index contributed by atoms with van der Waals surface area (Å²) in [5, 5.41) is 3.26. The van der Waals surface area contributed by atoms with Crippen molar-refractivity contribution in [2.75, 3.05) is 32.8 Å². The fraction of sp³-hybridized carbons (Fsp3) is 0.588. The van der Waals surface area contributed by atoms with Crippen LogP contribution in [0, 0.1) is 5.92 Å². The van der Waals surface area contributed by atoms with Crippen LogP contribution in [0.4, 0.5) is 8.78 Å². The van der Waals surface area contributed by atoms with Gasteiger partial charge in [-0.2, -0.15) is 8.78 Å². The molecule has 0 saturated carbocycles. The van der Waals surface area contributed by atoms with E-state index in [2.05, 4.69) is 10.1 Å². The molecular weight excluding hydrogens is 318 g/mol. The Kier molecular flexibility index (Phi) is 5.63. The first-order valence-corrected chi connectivity index (χ1v) is 8.29. The van der Waals surface area contributed by atoms with Gasteiger partial charge in [-0.15, -0.1) is 0 Å². The van der Waals surface area contributed by atoms with E-state index in [9.17, 15) is 13.6 Å². The molecule has 0 radical (unpaired) electrons. The van der Waals surface area contributed by atoms with Gasteiger partial charge in [0.05, 0.1) is 13.2 Å². The number of nitrogens with zero attached hydrogens (tertiary/aromatic N) is 1. The SMILES string of the molecule is O=C(C1CCNCC1)N1CCOC(c2cccc(OC(F)F)c2)C1. The lowest BCUT2D eigenvalue weighted by molar-refractivity contribution is -0.144. The van der Waals surface area contributed by atoms with Crippen molar-refractivity contribution in [3.63, 3.8) is 0 Å². The predicted octanol–water partition coefficient (Wildman–Crippen LogP) is 2.19. The van der Waals surface area contributed by atoms with Gasteiger partial charge in [0.15, 0.2) is 0 Å². The van der Waals surface area contributed by atoms with Gasteiger partial charge in [-0.1, -0.05) is 12.1 Å². The van der Waals surface area contributed by atoms with E-state index in [1.807, 2.05) is 11.0 Å². The Hall–Kier alpha value is -1.73. The molecular formula is C17H22F2N2O3. The van der Waals surface area contributed by atoms with Crippen molar-refractivity contribution in [2.24, 2.45) is 5.92 Å². The van der Waals surface area contributed by atoms with Crippen molar-refractivity contribution in [1.82, 2.24) is 10.2 Å². The zero-order valence-corrected chi connectivity index (χ0v) is 13.4. The van der Waals surface area contributed by atoms with Gasteiger partial charge < -0.3 is 19.7 Å². The molecule has 1 N–H and O–H groups in total. The van der Waals surface area contributed by atoms with E-state index in [0.717, 1.165) is 31.5 Å². The minimum atomic E-state index is -2.86. The van der Waals surface area contributed by atoms with E-state index in [1.165, 1.54) is 6.07 Å². The van der Waals surface area contributed by atoms with Crippen molar-refractivity contribution >= 4 is 5.91 Å². The Morgan fingerprint density at radius 2 is 2.12 bits per heavy atom. The molecule has 1 amide bonds. The van der Waals surface area contributed by atoms with E-state index >= 15 is 0 Å². The number of carbonyl (C=O) groups is 1. The maximum Gasteiger partial charge on any atom is 0.387 e. The molecule has 132 valence electrons. The molecule has 2 saturated heterocycles. The van der Waals surface area contributed by atoms with Crippen molar-refractivity contribution < 1.29 is 23.0 Å². The first-order chi connectivity index (χ1) is 11.6. The first-order valence-electron chi connectivity index (χ1n) is 8.29. The van der Waals surface area contributed by atoms with Crippen LogP contribution in [0.5, 0.6) is 5.75 Å². The largest absolute Gasteiger partial charge is 0.435 e. The number of amides is 1. The van der Waals surface area contributed by atoms with Gasteiger partial charge in [0.1, 0.15) is 11.9 Å². The zero-order chi connectivity index (χ0) is 16.9. The van der Waals surface area contributed by atoms with Crippen LogP contribution >= 0.6 is 0 Å². The van der Waals surface area contributed by atoms with Gasteiger partial charge in [0.25, 0.3) is 0 Å². The van der Waals surface area contributed by atoms with Gasteiger partial charge in [-0.3, -0.25) is 4.79 Å². The average Bonchev–Trinajstić information content (AvgIpc) is 2.62. The highest BCUT2D eigenvalue weighted by molar-refractivity contribution is 5.79. The molecule has 0 aliphatic carbocycles. The lowest BCUT2D eigenvalue weighted by Gasteiger charge is -2.36. The van der Waals surface area contributed by atoms with E-state index in [4.69, 9.17) is 4.74 Å². The van der Waals surface area contributed by atoms with E-state index in [1.54, 1.807) is 12.1 Å². The summed E-state index contributed by atoms with van der Waals surface area (Å²) in [7, 11) is 0. The molecule has 3 rings (SSSR count). The second-order valence-corrected chi connectivity index (χ2v) is 6.12. The van der Waals surface area contributed by atoms with Crippen LogP contribution in [0.25, 0.3) is 0 Å². The summed E-state index contributed by atoms with van der Waals surface area (Å²) in [6.45, 7) is 0.355. The fourth-order valence-electron chi connectivity index (χ4n) is 3.27. The van der Waals surface area contributed by atoms with Gasteiger partial charge in [0, 0.05) is 12.5 Å². The molecule has 2 heterocycles. The van der Waals surface area contributed by atoms with Gasteiger partial charge >= 0.3 is 6.61 Å². The van der Waals surface area contributed by atoms with Gasteiger partial charge in [-0.05, 0) is 43.6 Å². The Bertz CT molecular complexity index is 565. The van der Waals surface area contributed by atoms with Gasteiger partial charge in [0.2, 0.25) is 5.91 Å². The maximum atomic E-state index is 12.7. The molecule has 2 aliphatic rings. The lowest BCUT2D eigenvalue weighted by atomic mass is 9.96. The average molecular weight is 340 g/mol. The van der Waals surface area contributed by atoms with Crippen LogP contribution in [-0.4, -0.2) is 50.2 Å². The van der Waals surface area contributed by atoms with Crippen LogP contribution in [-0.2, 0) is 9.53 Å². The van der Waals surface area contributed by atoms with E-state index in [0.29, 0.717) is 19.7 Å². The Labute approximate surface area is 139 Å².